The number of carbonyl (C=O) groups excluding carboxylic acids is 2. The fourth-order valence-corrected chi connectivity index (χ4v) is 3.56. The molecule has 1 aromatic rings. The highest BCUT2D eigenvalue weighted by Gasteiger charge is 2.27. The fourth-order valence-electron chi connectivity index (χ4n) is 3.56. The number of anilines is 1. The van der Waals surface area contributed by atoms with Crippen LogP contribution in [0.4, 0.5) is 5.95 Å². The van der Waals surface area contributed by atoms with E-state index >= 15 is 0 Å². The smallest absolute Gasteiger partial charge is 0.306 e. The van der Waals surface area contributed by atoms with E-state index in [4.69, 9.17) is 4.74 Å². The number of aliphatic hydroxyl groups excluding tert-OH is 1. The summed E-state index contributed by atoms with van der Waals surface area (Å²) in [5.74, 6) is 0.0404. The molecule has 1 fully saturated rings. The SMILES string of the molecule is CCCCCCC[C@H](O)CCC(=O)O[C@@H](C)C(=O)N1CCN(c2ncccn2)CC1. The first-order valence-electron chi connectivity index (χ1n) is 11.2. The van der Waals surface area contributed by atoms with E-state index in [1.54, 1.807) is 30.3 Å². The number of amides is 1. The van der Waals surface area contributed by atoms with E-state index in [1.807, 2.05) is 4.90 Å². The standard InChI is InChI=1S/C22H36N4O4/c1-3-4-5-6-7-9-19(27)10-11-20(28)30-18(2)21(29)25-14-16-26(17-15-25)22-23-12-8-13-24-22/h8,12-13,18-19,27H,3-7,9-11,14-17H2,1-2H3/t18-,19-/m0/s1. The second-order valence-electron chi connectivity index (χ2n) is 7.89. The Balaban J connectivity index is 1.63. The monoisotopic (exact) mass is 420 g/mol. The zero-order valence-corrected chi connectivity index (χ0v) is 18.3. The van der Waals surface area contributed by atoms with E-state index in [9.17, 15) is 14.7 Å². The molecule has 2 rings (SSSR count). The Bertz CT molecular complexity index is 635. The van der Waals surface area contributed by atoms with Gasteiger partial charge in [-0.3, -0.25) is 9.59 Å². The number of aromatic nitrogens is 2. The molecule has 0 bridgehead atoms. The molecule has 1 aromatic heterocycles. The van der Waals surface area contributed by atoms with Gasteiger partial charge < -0.3 is 19.6 Å². The predicted molar refractivity (Wildman–Crippen MR) is 115 cm³/mol. The number of esters is 1. The third-order valence-corrected chi connectivity index (χ3v) is 5.40. The predicted octanol–water partition coefficient (Wildman–Crippen LogP) is 2.56. The molecule has 8 heteroatoms. The third-order valence-electron chi connectivity index (χ3n) is 5.40. The summed E-state index contributed by atoms with van der Waals surface area (Å²) in [5, 5.41) is 10.0. The zero-order chi connectivity index (χ0) is 21.8. The van der Waals surface area contributed by atoms with Crippen LogP contribution in [0.1, 0.15) is 65.2 Å². The molecule has 168 valence electrons. The summed E-state index contributed by atoms with van der Waals surface area (Å²) in [7, 11) is 0. The van der Waals surface area contributed by atoms with E-state index in [0.29, 0.717) is 45.0 Å². The second-order valence-corrected chi connectivity index (χ2v) is 7.89. The highest BCUT2D eigenvalue weighted by Crippen LogP contribution is 2.13. The van der Waals surface area contributed by atoms with Crippen LogP contribution < -0.4 is 4.90 Å². The Morgan fingerprint density at radius 3 is 2.40 bits per heavy atom. The zero-order valence-electron chi connectivity index (χ0n) is 18.3. The van der Waals surface area contributed by atoms with E-state index in [-0.39, 0.29) is 12.3 Å². The lowest BCUT2D eigenvalue weighted by atomic mass is 10.0. The number of hydrogen-bond donors (Lipinski definition) is 1. The molecule has 0 radical (unpaired) electrons. The van der Waals surface area contributed by atoms with E-state index in [1.165, 1.54) is 19.3 Å². The van der Waals surface area contributed by atoms with Crippen LogP contribution in [0.5, 0.6) is 0 Å². The summed E-state index contributed by atoms with van der Waals surface area (Å²) >= 11 is 0. The summed E-state index contributed by atoms with van der Waals surface area (Å²) in [6.45, 7) is 6.13. The van der Waals surface area contributed by atoms with Gasteiger partial charge in [-0.05, 0) is 25.8 Å². The van der Waals surface area contributed by atoms with Crippen molar-refractivity contribution in [3.8, 4) is 0 Å². The van der Waals surface area contributed by atoms with Gasteiger partial charge in [0.15, 0.2) is 6.10 Å². The summed E-state index contributed by atoms with van der Waals surface area (Å²) < 4.78 is 5.31. The molecule has 30 heavy (non-hydrogen) atoms. The number of rotatable bonds is 12. The van der Waals surface area contributed by atoms with Crippen molar-refractivity contribution >= 4 is 17.8 Å². The Morgan fingerprint density at radius 1 is 1.07 bits per heavy atom. The summed E-state index contributed by atoms with van der Waals surface area (Å²) in [4.78, 5) is 36.9. The molecule has 8 nitrogen and oxygen atoms in total. The van der Waals surface area contributed by atoms with Crippen molar-refractivity contribution in [3.63, 3.8) is 0 Å². The number of nitrogens with zero attached hydrogens (tertiary/aromatic N) is 4. The number of unbranched alkanes of at least 4 members (excludes halogenated alkanes) is 4. The number of carbonyl (C=O) groups is 2. The average molecular weight is 421 g/mol. The first kappa shape index (κ1) is 24.1. The summed E-state index contributed by atoms with van der Waals surface area (Å²) in [6, 6.07) is 1.77. The van der Waals surface area contributed by atoms with Crippen LogP contribution in [0, 0.1) is 0 Å². The number of hydrogen-bond acceptors (Lipinski definition) is 7. The Hall–Kier alpha value is -2.22. The van der Waals surface area contributed by atoms with Gasteiger partial charge in [0, 0.05) is 45.0 Å². The van der Waals surface area contributed by atoms with Gasteiger partial charge in [-0.15, -0.1) is 0 Å². The van der Waals surface area contributed by atoms with Gasteiger partial charge in [-0.2, -0.15) is 0 Å². The highest BCUT2D eigenvalue weighted by molar-refractivity contribution is 5.83. The maximum atomic E-state index is 12.6. The van der Waals surface area contributed by atoms with Gasteiger partial charge in [-0.1, -0.05) is 39.0 Å². The molecule has 0 spiro atoms. The lowest BCUT2D eigenvalue weighted by Crippen LogP contribution is -2.52. The van der Waals surface area contributed by atoms with Crippen molar-refractivity contribution in [2.24, 2.45) is 0 Å². The molecular formula is C22H36N4O4. The molecule has 0 saturated carbocycles. The minimum atomic E-state index is -0.816. The Morgan fingerprint density at radius 2 is 1.73 bits per heavy atom. The molecule has 1 N–H and O–H groups in total. The largest absolute Gasteiger partial charge is 0.453 e. The molecule has 1 aliphatic heterocycles. The summed E-state index contributed by atoms with van der Waals surface area (Å²) in [6.07, 6.45) is 9.02. The lowest BCUT2D eigenvalue weighted by molar-refractivity contribution is -0.159. The molecule has 2 atom stereocenters. The minimum Gasteiger partial charge on any atom is -0.453 e. The highest BCUT2D eigenvalue weighted by atomic mass is 16.5. The van der Waals surface area contributed by atoms with Crippen LogP contribution in [0.2, 0.25) is 0 Å². The summed E-state index contributed by atoms with van der Waals surface area (Å²) in [5.41, 5.74) is 0. The molecule has 0 aliphatic carbocycles. The maximum Gasteiger partial charge on any atom is 0.306 e. The number of piperazine rings is 1. The van der Waals surface area contributed by atoms with Crippen LogP contribution >= 0.6 is 0 Å². The van der Waals surface area contributed by atoms with Gasteiger partial charge in [0.25, 0.3) is 5.91 Å². The maximum absolute atomic E-state index is 12.6. The minimum absolute atomic E-state index is 0.132. The normalized spacial score (nSPS) is 16.2. The number of ether oxygens (including phenoxy) is 1. The molecule has 1 saturated heterocycles. The van der Waals surface area contributed by atoms with Crippen LogP contribution in [0.3, 0.4) is 0 Å². The Kier molecular flexibility index (Phi) is 10.5. The van der Waals surface area contributed by atoms with Crippen LogP contribution in [-0.4, -0.2) is 70.2 Å². The van der Waals surface area contributed by atoms with Crippen molar-refractivity contribution < 1.29 is 19.4 Å². The molecule has 1 aliphatic rings. The van der Waals surface area contributed by atoms with Crippen molar-refractivity contribution in [2.75, 3.05) is 31.1 Å². The molecule has 2 heterocycles. The third kappa shape index (κ3) is 8.26. The van der Waals surface area contributed by atoms with E-state index in [2.05, 4.69) is 16.9 Å². The van der Waals surface area contributed by atoms with E-state index < -0.39 is 18.2 Å². The first-order valence-corrected chi connectivity index (χ1v) is 11.2. The van der Waals surface area contributed by atoms with Crippen molar-refractivity contribution in [2.45, 2.75) is 77.4 Å². The van der Waals surface area contributed by atoms with Gasteiger partial charge in [-0.25, -0.2) is 9.97 Å². The molecule has 0 unspecified atom stereocenters. The lowest BCUT2D eigenvalue weighted by Gasteiger charge is -2.35. The van der Waals surface area contributed by atoms with E-state index in [0.717, 1.165) is 12.8 Å². The van der Waals surface area contributed by atoms with Crippen LogP contribution in [0.15, 0.2) is 18.5 Å². The first-order chi connectivity index (χ1) is 14.5. The topological polar surface area (TPSA) is 95.9 Å². The second kappa shape index (κ2) is 13.2. The quantitative estimate of drug-likeness (QED) is 0.410. The van der Waals surface area contributed by atoms with Gasteiger partial charge in [0.2, 0.25) is 5.95 Å². The van der Waals surface area contributed by atoms with Crippen molar-refractivity contribution in [1.29, 1.82) is 0 Å². The van der Waals surface area contributed by atoms with Crippen molar-refractivity contribution in [3.05, 3.63) is 18.5 Å². The van der Waals surface area contributed by atoms with Crippen LogP contribution in [0.25, 0.3) is 0 Å². The van der Waals surface area contributed by atoms with Crippen LogP contribution in [-0.2, 0) is 14.3 Å². The molecule has 1 amide bonds. The van der Waals surface area contributed by atoms with Gasteiger partial charge in [0.1, 0.15) is 0 Å². The van der Waals surface area contributed by atoms with Gasteiger partial charge in [0.05, 0.1) is 6.10 Å². The van der Waals surface area contributed by atoms with Gasteiger partial charge >= 0.3 is 5.97 Å². The molecule has 0 aromatic carbocycles. The van der Waals surface area contributed by atoms with Crippen molar-refractivity contribution in [1.82, 2.24) is 14.9 Å². The fraction of sp³-hybridized carbons (Fsp3) is 0.727. The average Bonchev–Trinajstić information content (AvgIpc) is 2.77. The Labute approximate surface area is 179 Å². The number of aliphatic hydroxyl groups is 1. The molecular weight excluding hydrogens is 384 g/mol.